The number of hydrogen-bond acceptors (Lipinski definition) is 9. The summed E-state index contributed by atoms with van der Waals surface area (Å²) in [6, 6.07) is 5.86. The Labute approximate surface area is 309 Å². The molecule has 0 radical (unpaired) electrons. The van der Waals surface area contributed by atoms with Gasteiger partial charge in [-0.2, -0.15) is 0 Å². The highest BCUT2D eigenvalue weighted by Gasteiger charge is 2.35. The van der Waals surface area contributed by atoms with Crippen molar-refractivity contribution in [1.29, 1.82) is 0 Å². The lowest BCUT2D eigenvalue weighted by molar-refractivity contribution is -0.158. The average molecular weight is 726 g/mol. The molecule has 2 aromatic rings. The van der Waals surface area contributed by atoms with E-state index in [1.165, 1.54) is 0 Å². The summed E-state index contributed by atoms with van der Waals surface area (Å²) in [7, 11) is 1.56. The van der Waals surface area contributed by atoms with Crippen molar-refractivity contribution in [3.8, 4) is 28.4 Å². The molecule has 0 aromatic heterocycles. The second kappa shape index (κ2) is 17.4. The van der Waals surface area contributed by atoms with Gasteiger partial charge in [-0.1, -0.05) is 26.3 Å². The van der Waals surface area contributed by atoms with E-state index in [0.717, 1.165) is 0 Å². The predicted molar refractivity (Wildman–Crippen MR) is 200 cm³/mol. The molecule has 52 heavy (non-hydrogen) atoms. The first kappa shape index (κ1) is 41.9. The van der Waals surface area contributed by atoms with Crippen LogP contribution in [0.1, 0.15) is 101 Å². The molecule has 1 heterocycles. The van der Waals surface area contributed by atoms with Gasteiger partial charge in [-0.3, -0.25) is 9.59 Å². The van der Waals surface area contributed by atoms with Crippen LogP contribution in [0.25, 0.3) is 11.1 Å². The Morgan fingerprint density at radius 1 is 0.788 bits per heavy atom. The summed E-state index contributed by atoms with van der Waals surface area (Å²) in [6.07, 6.45) is -0.625. The van der Waals surface area contributed by atoms with E-state index in [1.807, 2.05) is 65.8 Å². The molecule has 0 saturated carbocycles. The van der Waals surface area contributed by atoms with E-state index >= 15 is 0 Å². The normalized spacial score (nSPS) is 19.0. The number of amides is 3. The Morgan fingerprint density at radius 3 is 1.96 bits per heavy atom. The van der Waals surface area contributed by atoms with E-state index in [-0.39, 0.29) is 31.0 Å². The molecule has 288 valence electrons. The molecule has 2 aromatic carbocycles. The van der Waals surface area contributed by atoms with Crippen LogP contribution in [-0.4, -0.2) is 72.5 Å². The smallest absolute Gasteiger partial charge is 0.408 e. The summed E-state index contributed by atoms with van der Waals surface area (Å²) in [5, 5.41) is 8.48. The van der Waals surface area contributed by atoms with Crippen LogP contribution < -0.4 is 30.2 Å². The van der Waals surface area contributed by atoms with Crippen LogP contribution in [0.15, 0.2) is 30.3 Å². The van der Waals surface area contributed by atoms with Crippen molar-refractivity contribution in [3.05, 3.63) is 41.5 Å². The zero-order chi connectivity index (χ0) is 39.1. The largest absolute Gasteiger partial charge is 0.496 e. The molecule has 0 saturated heterocycles. The number of alkyl carbamates (subject to hydrolysis) is 1. The number of carbonyl (C=O) groups excluding carboxylic acids is 4. The van der Waals surface area contributed by atoms with Crippen LogP contribution in [0, 0.1) is 5.92 Å². The van der Waals surface area contributed by atoms with Gasteiger partial charge in [0.05, 0.1) is 19.3 Å². The van der Waals surface area contributed by atoms with Gasteiger partial charge in [-0.25, -0.2) is 9.59 Å². The Kier molecular flexibility index (Phi) is 14.0. The third-order valence-corrected chi connectivity index (χ3v) is 8.07. The van der Waals surface area contributed by atoms with Gasteiger partial charge in [0.15, 0.2) is 11.5 Å². The zero-order valence-electron chi connectivity index (χ0n) is 33.1. The summed E-state index contributed by atoms with van der Waals surface area (Å²) in [5.74, 6) is -0.708. The lowest BCUT2D eigenvalue weighted by atomic mass is 9.94. The van der Waals surface area contributed by atoms with Crippen molar-refractivity contribution in [2.75, 3.05) is 7.11 Å². The van der Waals surface area contributed by atoms with Crippen molar-refractivity contribution in [2.45, 2.75) is 144 Å². The van der Waals surface area contributed by atoms with Gasteiger partial charge in [0.1, 0.15) is 35.1 Å². The third-order valence-electron chi connectivity index (χ3n) is 8.07. The molecule has 3 rings (SSSR count). The third kappa shape index (κ3) is 12.1. The Bertz CT molecular complexity index is 1590. The minimum atomic E-state index is -1.14. The van der Waals surface area contributed by atoms with Crippen LogP contribution in [0.5, 0.6) is 17.2 Å². The SMILES string of the molecule is CC[C@H](C)[C@@H]1NC(=O)C(NC(=O)OC(C)(C)C)Cc2ccc(OC)c(c2)-c2cc(cc(OC(C)C)c2OC(C)C)C[C@@H](C(=O)OC(C)(C)C)NC1=O. The number of esters is 1. The van der Waals surface area contributed by atoms with Crippen molar-refractivity contribution in [3.63, 3.8) is 0 Å². The van der Waals surface area contributed by atoms with Gasteiger partial charge < -0.3 is 39.6 Å². The molecular formula is C40H59N3O9. The number of ether oxygens (including phenoxy) is 5. The second-order valence-corrected chi connectivity index (χ2v) is 15.9. The molecule has 12 nitrogen and oxygen atoms in total. The number of rotatable bonds is 9. The fourth-order valence-corrected chi connectivity index (χ4v) is 5.68. The molecule has 1 aliphatic heterocycles. The molecule has 3 N–H and O–H groups in total. The first-order chi connectivity index (χ1) is 24.1. The van der Waals surface area contributed by atoms with Crippen LogP contribution >= 0.6 is 0 Å². The molecule has 3 amide bonds. The molecule has 0 spiro atoms. The molecule has 1 aliphatic rings. The Morgan fingerprint density at radius 2 is 1.40 bits per heavy atom. The van der Waals surface area contributed by atoms with Gasteiger partial charge in [-0.05, 0) is 111 Å². The van der Waals surface area contributed by atoms with E-state index in [9.17, 15) is 19.2 Å². The number of hydrogen-bond donors (Lipinski definition) is 3. The predicted octanol–water partition coefficient (Wildman–Crippen LogP) is 6.29. The number of nitrogens with one attached hydrogen (secondary N) is 3. The maximum absolute atomic E-state index is 14.1. The van der Waals surface area contributed by atoms with Crippen molar-refractivity contribution < 1.29 is 42.9 Å². The number of carbonyl (C=O) groups is 4. The van der Waals surface area contributed by atoms with Gasteiger partial charge in [0.25, 0.3) is 0 Å². The fraction of sp³-hybridized carbons (Fsp3) is 0.600. The maximum Gasteiger partial charge on any atom is 0.408 e. The maximum atomic E-state index is 14.1. The quantitative estimate of drug-likeness (QED) is 0.254. The highest BCUT2D eigenvalue weighted by molar-refractivity contribution is 5.93. The molecule has 12 heteroatoms. The first-order valence-corrected chi connectivity index (χ1v) is 18.1. The zero-order valence-corrected chi connectivity index (χ0v) is 33.1. The Balaban J connectivity index is 2.39. The molecule has 0 aliphatic carbocycles. The van der Waals surface area contributed by atoms with Crippen LogP contribution in [0.4, 0.5) is 4.79 Å². The molecule has 0 fully saturated rings. The van der Waals surface area contributed by atoms with E-state index in [4.69, 9.17) is 23.7 Å². The first-order valence-electron chi connectivity index (χ1n) is 18.1. The van der Waals surface area contributed by atoms with Crippen molar-refractivity contribution in [1.82, 2.24) is 16.0 Å². The monoisotopic (exact) mass is 725 g/mol. The standard InChI is InChI=1S/C40H59N3O9/c1-14-24(6)33-36(45)41-30(37(46)51-39(7,8)9)20-26-18-28(34(50-23(4)5)32(21-26)49-22(2)3)27-17-25(15-16-31(27)48-13)19-29(35(44)43-33)42-38(47)52-40(10,11)12/h15-18,21-24,29-30,33H,14,19-20H2,1-13H3,(H,41,45)(H,42,47)(H,43,44)/t24-,29?,30-,33-/m0/s1. The highest BCUT2D eigenvalue weighted by Crippen LogP contribution is 2.45. The fourth-order valence-electron chi connectivity index (χ4n) is 5.68. The second-order valence-electron chi connectivity index (χ2n) is 15.9. The van der Waals surface area contributed by atoms with Crippen LogP contribution in [0.2, 0.25) is 0 Å². The number of benzene rings is 2. The highest BCUT2D eigenvalue weighted by atomic mass is 16.6. The minimum absolute atomic E-state index is 0.0378. The summed E-state index contributed by atoms with van der Waals surface area (Å²) in [4.78, 5) is 55.1. The lowest BCUT2D eigenvalue weighted by Crippen LogP contribution is -2.58. The van der Waals surface area contributed by atoms with Gasteiger partial charge in [0.2, 0.25) is 11.8 Å². The van der Waals surface area contributed by atoms with Crippen LogP contribution in [0.3, 0.4) is 0 Å². The molecular weight excluding hydrogens is 666 g/mol. The Hall–Kier alpha value is -4.48. The average Bonchev–Trinajstić information content (AvgIpc) is 3.01. The van der Waals surface area contributed by atoms with Crippen LogP contribution in [-0.2, 0) is 36.7 Å². The number of fused-ring (bicyclic) bond motifs is 5. The van der Waals surface area contributed by atoms with Gasteiger partial charge in [-0.15, -0.1) is 0 Å². The lowest BCUT2D eigenvalue weighted by Gasteiger charge is -2.30. The summed E-state index contributed by atoms with van der Waals surface area (Å²) < 4.78 is 29.9. The summed E-state index contributed by atoms with van der Waals surface area (Å²) >= 11 is 0. The van der Waals surface area contributed by atoms with Crippen molar-refractivity contribution in [2.24, 2.45) is 5.92 Å². The minimum Gasteiger partial charge on any atom is -0.496 e. The summed E-state index contributed by atoms with van der Waals surface area (Å²) in [6.45, 7) is 21.8. The molecule has 4 bridgehead atoms. The van der Waals surface area contributed by atoms with Crippen molar-refractivity contribution >= 4 is 23.9 Å². The molecule has 4 atom stereocenters. The van der Waals surface area contributed by atoms with E-state index in [2.05, 4.69) is 16.0 Å². The number of methoxy groups -OCH3 is 1. The van der Waals surface area contributed by atoms with E-state index < -0.39 is 53.2 Å². The van der Waals surface area contributed by atoms with E-state index in [1.54, 1.807) is 54.7 Å². The van der Waals surface area contributed by atoms with Gasteiger partial charge in [0, 0.05) is 24.0 Å². The summed E-state index contributed by atoms with van der Waals surface area (Å²) in [5.41, 5.74) is 0.927. The molecule has 1 unspecified atom stereocenters. The topological polar surface area (TPSA) is 151 Å². The van der Waals surface area contributed by atoms with E-state index in [0.29, 0.717) is 45.9 Å². The van der Waals surface area contributed by atoms with Gasteiger partial charge >= 0.3 is 12.1 Å².